The van der Waals surface area contributed by atoms with Crippen molar-refractivity contribution in [2.45, 2.75) is 170 Å². The van der Waals surface area contributed by atoms with E-state index in [0.29, 0.717) is 0 Å². The third-order valence-electron chi connectivity index (χ3n) is 9.63. The number of nitrogens with zero attached hydrogens (tertiary/aromatic N) is 2. The van der Waals surface area contributed by atoms with Gasteiger partial charge in [0.15, 0.2) is 0 Å². The number of rotatable bonds is 21. The standard InChI is InChI=1S/C42H64N2/c1-8-15-21-33-27-37(28-34(22-16-9-2)39(33)25-19-12-5)41-31-32(14-7)42(44(41)43)38-29-35(23-17-10-3)40(26-20-13-6)36(30-38)24-18-11-4/h27-31H,8-26H2,1-7H3. The highest BCUT2D eigenvalue weighted by Gasteiger charge is 2.30. The average molecular weight is 597 g/mol. The largest absolute Gasteiger partial charge is 0.493 e. The van der Waals surface area contributed by atoms with Crippen LogP contribution in [0.3, 0.4) is 0 Å². The Morgan fingerprint density at radius 1 is 0.477 bits per heavy atom. The molecule has 1 aliphatic rings. The number of hydrogen-bond acceptors (Lipinski definition) is 0. The number of unbranched alkanes of at least 4 members (excludes halogenated alkanes) is 6. The van der Waals surface area contributed by atoms with Gasteiger partial charge >= 0.3 is 0 Å². The zero-order chi connectivity index (χ0) is 31.9. The maximum absolute atomic E-state index is 12.1. The topological polar surface area (TPSA) is 25.3 Å². The fraction of sp³-hybridized carbons (Fsp3) is 0.619. The van der Waals surface area contributed by atoms with Crippen LogP contribution in [0.2, 0.25) is 0 Å². The van der Waals surface area contributed by atoms with Crippen LogP contribution in [0.15, 0.2) is 35.9 Å². The number of aryl methyl sites for hydroxylation is 4. The molecule has 0 spiro atoms. The quantitative estimate of drug-likeness (QED) is 0.128. The summed E-state index contributed by atoms with van der Waals surface area (Å²) in [7, 11) is 0. The van der Waals surface area contributed by atoms with Gasteiger partial charge < -0.3 is 5.53 Å². The van der Waals surface area contributed by atoms with Crippen LogP contribution < -0.4 is 0 Å². The van der Waals surface area contributed by atoms with Crippen LogP contribution >= 0.6 is 0 Å². The molecule has 2 heteroatoms. The van der Waals surface area contributed by atoms with Crippen molar-refractivity contribution in [3.05, 3.63) is 86.0 Å². The Bertz CT molecular complexity index is 1220. The molecule has 3 rings (SSSR count). The van der Waals surface area contributed by atoms with Crippen LogP contribution in [0.4, 0.5) is 0 Å². The van der Waals surface area contributed by atoms with Gasteiger partial charge in [0, 0.05) is 22.8 Å². The molecule has 0 bridgehead atoms. The van der Waals surface area contributed by atoms with E-state index in [4.69, 9.17) is 0 Å². The maximum Gasteiger partial charge on any atom is 0.210 e. The van der Waals surface area contributed by atoms with Crippen molar-refractivity contribution in [2.75, 3.05) is 0 Å². The second kappa shape index (κ2) is 19.1. The van der Waals surface area contributed by atoms with Crippen molar-refractivity contribution in [1.82, 2.24) is 0 Å². The molecule has 44 heavy (non-hydrogen) atoms. The lowest BCUT2D eigenvalue weighted by Gasteiger charge is -2.20. The van der Waals surface area contributed by atoms with Crippen molar-refractivity contribution in [1.29, 1.82) is 0 Å². The van der Waals surface area contributed by atoms with E-state index in [1.807, 2.05) is 0 Å². The van der Waals surface area contributed by atoms with Gasteiger partial charge in [-0.25, -0.2) is 4.70 Å². The molecule has 1 aliphatic heterocycles. The summed E-state index contributed by atoms with van der Waals surface area (Å²) in [6.07, 6.45) is 24.7. The number of allylic oxidation sites excluding steroid dienone is 2. The molecule has 0 aliphatic carbocycles. The van der Waals surface area contributed by atoms with Crippen molar-refractivity contribution in [2.24, 2.45) is 0 Å². The Hall–Kier alpha value is -2.48. The van der Waals surface area contributed by atoms with E-state index >= 15 is 0 Å². The molecular weight excluding hydrogens is 532 g/mol. The highest BCUT2D eigenvalue weighted by atomic mass is 15.2. The Morgan fingerprint density at radius 2 is 0.818 bits per heavy atom. The molecule has 0 atom stereocenters. The van der Waals surface area contributed by atoms with Crippen LogP contribution in [0.25, 0.3) is 16.9 Å². The second-order valence-corrected chi connectivity index (χ2v) is 13.2. The van der Waals surface area contributed by atoms with Gasteiger partial charge in [-0.05, 0) is 141 Å². The predicted octanol–water partition coefficient (Wildman–Crippen LogP) is 13.0. The van der Waals surface area contributed by atoms with Gasteiger partial charge in [-0.1, -0.05) is 87.0 Å². The van der Waals surface area contributed by atoms with E-state index in [0.717, 1.165) is 43.5 Å². The Morgan fingerprint density at radius 3 is 1.16 bits per heavy atom. The van der Waals surface area contributed by atoms with Crippen LogP contribution in [0, 0.1) is 0 Å². The van der Waals surface area contributed by atoms with E-state index < -0.39 is 0 Å². The molecule has 0 radical (unpaired) electrons. The molecule has 0 aromatic heterocycles. The maximum atomic E-state index is 12.1. The fourth-order valence-corrected chi connectivity index (χ4v) is 6.92. The van der Waals surface area contributed by atoms with Gasteiger partial charge in [-0.15, -0.1) is 0 Å². The number of benzene rings is 2. The summed E-state index contributed by atoms with van der Waals surface area (Å²) in [4.78, 5) is 0. The number of hydrogen-bond donors (Lipinski definition) is 0. The van der Waals surface area contributed by atoms with Crippen molar-refractivity contribution >= 4 is 11.4 Å². The van der Waals surface area contributed by atoms with Crippen LogP contribution in [-0.2, 0) is 38.5 Å². The monoisotopic (exact) mass is 597 g/mol. The Labute approximate surface area is 271 Å². The van der Waals surface area contributed by atoms with Crippen molar-refractivity contribution in [3.8, 4) is 0 Å². The first-order valence-electron chi connectivity index (χ1n) is 18.7. The molecule has 1 heterocycles. The SMILES string of the molecule is CCCCc1cc(C2=CC(CC)=C(c3cc(CCCC)c(CCCC)c(CCCC)c3)[N+]2=[N-])cc(CCCC)c1CCCC. The van der Waals surface area contributed by atoms with Crippen molar-refractivity contribution < 1.29 is 4.70 Å². The summed E-state index contributed by atoms with van der Waals surface area (Å²) >= 11 is 0. The van der Waals surface area contributed by atoms with Crippen LogP contribution in [0.1, 0.15) is 176 Å². The van der Waals surface area contributed by atoms with Gasteiger partial charge in [0.1, 0.15) is 0 Å². The predicted molar refractivity (Wildman–Crippen MR) is 193 cm³/mol. The lowest BCUT2D eigenvalue weighted by Crippen LogP contribution is -2.09. The summed E-state index contributed by atoms with van der Waals surface area (Å²) in [5.74, 6) is 0. The first-order chi connectivity index (χ1) is 21.5. The normalized spacial score (nSPS) is 13.3. The second-order valence-electron chi connectivity index (χ2n) is 13.2. The first kappa shape index (κ1) is 36.0. The summed E-state index contributed by atoms with van der Waals surface area (Å²) in [5, 5.41) is 0. The smallest absolute Gasteiger partial charge is 0.210 e. The summed E-state index contributed by atoms with van der Waals surface area (Å²) < 4.78 is 1.56. The molecule has 2 nitrogen and oxygen atoms in total. The molecule has 242 valence electrons. The molecule has 0 saturated carbocycles. The summed E-state index contributed by atoms with van der Waals surface area (Å²) in [6.45, 7) is 16.0. The third kappa shape index (κ3) is 9.27. The van der Waals surface area contributed by atoms with Crippen LogP contribution in [0.5, 0.6) is 0 Å². The lowest BCUT2D eigenvalue weighted by molar-refractivity contribution is -0.344. The molecule has 0 amide bonds. The molecule has 0 unspecified atom stereocenters. The van der Waals surface area contributed by atoms with Gasteiger partial charge in [-0.2, -0.15) is 0 Å². The first-order valence-corrected chi connectivity index (χ1v) is 18.7. The average Bonchev–Trinajstić information content (AvgIpc) is 3.38. The fourth-order valence-electron chi connectivity index (χ4n) is 6.92. The van der Waals surface area contributed by atoms with E-state index in [2.05, 4.69) is 78.8 Å². The van der Waals surface area contributed by atoms with Gasteiger partial charge in [-0.3, -0.25) is 0 Å². The van der Waals surface area contributed by atoms with Crippen LogP contribution in [-0.4, -0.2) is 4.70 Å². The zero-order valence-corrected chi connectivity index (χ0v) is 29.7. The Kier molecular flexibility index (Phi) is 15.6. The van der Waals surface area contributed by atoms with Gasteiger partial charge in [0.25, 0.3) is 0 Å². The zero-order valence-electron chi connectivity index (χ0n) is 29.7. The Balaban J connectivity index is 2.13. The van der Waals surface area contributed by atoms with Gasteiger partial charge in [0.05, 0.1) is 0 Å². The summed E-state index contributed by atoms with van der Waals surface area (Å²) in [6, 6.07) is 9.73. The molecule has 2 aromatic rings. The highest BCUT2D eigenvalue weighted by molar-refractivity contribution is 5.79. The minimum atomic E-state index is 0.905. The molecule has 0 saturated heterocycles. The summed E-state index contributed by atoms with van der Waals surface area (Å²) in [5.41, 5.74) is 26.9. The molecule has 2 aromatic carbocycles. The van der Waals surface area contributed by atoms with E-state index in [1.165, 1.54) is 129 Å². The third-order valence-corrected chi connectivity index (χ3v) is 9.63. The minimum absolute atomic E-state index is 0.905. The van der Waals surface area contributed by atoms with E-state index in [9.17, 15) is 5.53 Å². The van der Waals surface area contributed by atoms with Gasteiger partial charge in [0.2, 0.25) is 11.4 Å². The van der Waals surface area contributed by atoms with E-state index in [-0.39, 0.29) is 0 Å². The molecule has 0 fully saturated rings. The molecular formula is C42H64N2. The van der Waals surface area contributed by atoms with Crippen molar-refractivity contribution in [3.63, 3.8) is 0 Å². The lowest BCUT2D eigenvalue weighted by atomic mass is 9.88. The highest BCUT2D eigenvalue weighted by Crippen LogP contribution is 2.40. The molecule has 0 N–H and O–H groups in total. The minimum Gasteiger partial charge on any atom is -0.493 e. The van der Waals surface area contributed by atoms with E-state index in [1.54, 1.807) is 15.8 Å².